The fourth-order valence-electron chi connectivity index (χ4n) is 3.58. The highest BCUT2D eigenvalue weighted by Crippen LogP contribution is 2.29. The molecular formula is C17H23FN2O2. The van der Waals surface area contributed by atoms with Gasteiger partial charge in [-0.25, -0.2) is 4.39 Å². The summed E-state index contributed by atoms with van der Waals surface area (Å²) in [5.41, 5.74) is 2.20. The van der Waals surface area contributed by atoms with Crippen molar-refractivity contribution in [2.45, 2.75) is 38.3 Å². The van der Waals surface area contributed by atoms with Crippen molar-refractivity contribution in [2.24, 2.45) is 0 Å². The van der Waals surface area contributed by atoms with Crippen LogP contribution in [0.3, 0.4) is 0 Å². The first-order valence-corrected chi connectivity index (χ1v) is 8.03. The van der Waals surface area contributed by atoms with Crippen LogP contribution < -0.4 is 0 Å². The number of amides is 1. The molecule has 1 aromatic rings. The number of nitrogens with zero attached hydrogens (tertiary/aromatic N) is 2. The Balaban J connectivity index is 1.61. The highest BCUT2D eigenvalue weighted by atomic mass is 19.1. The molecule has 0 saturated carbocycles. The lowest BCUT2D eigenvalue weighted by Gasteiger charge is -2.37. The molecule has 2 aliphatic rings. The number of β-amino-alcohol motifs (C(OH)–C–C–N with tert-alkyl or cyclic N) is 1. The molecule has 0 spiro atoms. The predicted molar refractivity (Wildman–Crippen MR) is 81.9 cm³/mol. The van der Waals surface area contributed by atoms with Gasteiger partial charge in [0.1, 0.15) is 5.82 Å². The molecule has 3 rings (SSSR count). The highest BCUT2D eigenvalue weighted by Gasteiger charge is 2.28. The van der Waals surface area contributed by atoms with Gasteiger partial charge in [-0.1, -0.05) is 6.07 Å². The monoisotopic (exact) mass is 306 g/mol. The Morgan fingerprint density at radius 2 is 2.14 bits per heavy atom. The zero-order chi connectivity index (χ0) is 15.7. The maximum absolute atomic E-state index is 13.3. The standard InChI is InChI=1S/C17H23FN2O2/c1-12-16-5-4-14(18)9-13(16)6-8-19(12)10-15(21)11-20-7-2-3-17(20)22/h4-5,9,12,15,21H,2-3,6-8,10-11H2,1H3. The van der Waals surface area contributed by atoms with E-state index in [1.165, 1.54) is 6.07 Å². The lowest BCUT2D eigenvalue weighted by molar-refractivity contribution is -0.129. The van der Waals surface area contributed by atoms with E-state index in [4.69, 9.17) is 0 Å². The molecule has 0 aliphatic carbocycles. The van der Waals surface area contributed by atoms with Crippen LogP contribution in [0.1, 0.15) is 36.9 Å². The molecule has 1 amide bonds. The lowest BCUT2D eigenvalue weighted by Crippen LogP contribution is -2.43. The predicted octanol–water partition coefficient (Wildman–Crippen LogP) is 1.73. The van der Waals surface area contributed by atoms with Crippen LogP contribution in [0.2, 0.25) is 0 Å². The minimum Gasteiger partial charge on any atom is -0.390 e. The second-order valence-corrected chi connectivity index (χ2v) is 6.36. The van der Waals surface area contributed by atoms with Gasteiger partial charge in [0.15, 0.2) is 0 Å². The summed E-state index contributed by atoms with van der Waals surface area (Å²) in [5, 5.41) is 10.3. The number of likely N-dealkylation sites (tertiary alicyclic amines) is 1. The molecule has 0 bridgehead atoms. The van der Waals surface area contributed by atoms with Crippen molar-refractivity contribution in [3.63, 3.8) is 0 Å². The number of aliphatic hydroxyl groups is 1. The third-order valence-corrected chi connectivity index (χ3v) is 4.82. The van der Waals surface area contributed by atoms with Crippen molar-refractivity contribution in [1.82, 2.24) is 9.80 Å². The SMILES string of the molecule is CC1c2ccc(F)cc2CCN1CC(O)CN1CCCC1=O. The first-order valence-electron chi connectivity index (χ1n) is 8.03. The van der Waals surface area contributed by atoms with Gasteiger partial charge in [-0.3, -0.25) is 9.69 Å². The van der Waals surface area contributed by atoms with E-state index in [-0.39, 0.29) is 17.8 Å². The van der Waals surface area contributed by atoms with Crippen LogP contribution in [0.4, 0.5) is 4.39 Å². The molecule has 2 atom stereocenters. The number of halogens is 1. The number of carbonyl (C=O) groups is 1. The molecule has 1 aromatic carbocycles. The van der Waals surface area contributed by atoms with E-state index >= 15 is 0 Å². The van der Waals surface area contributed by atoms with Gasteiger partial charge in [0.05, 0.1) is 6.10 Å². The first kappa shape index (κ1) is 15.4. The molecule has 1 fully saturated rings. The van der Waals surface area contributed by atoms with Gasteiger partial charge in [0, 0.05) is 38.6 Å². The van der Waals surface area contributed by atoms with Crippen molar-refractivity contribution >= 4 is 5.91 Å². The van der Waals surface area contributed by atoms with Crippen molar-refractivity contribution in [1.29, 1.82) is 0 Å². The van der Waals surface area contributed by atoms with Gasteiger partial charge in [-0.2, -0.15) is 0 Å². The number of rotatable bonds is 4. The quantitative estimate of drug-likeness (QED) is 0.921. The Labute approximate surface area is 130 Å². The largest absolute Gasteiger partial charge is 0.390 e. The number of fused-ring (bicyclic) bond motifs is 1. The molecule has 2 heterocycles. The average Bonchev–Trinajstić information content (AvgIpc) is 2.87. The van der Waals surface area contributed by atoms with Crippen LogP contribution in [0.25, 0.3) is 0 Å². The number of aliphatic hydroxyl groups excluding tert-OH is 1. The molecular weight excluding hydrogens is 283 g/mol. The fourth-order valence-corrected chi connectivity index (χ4v) is 3.58. The minimum absolute atomic E-state index is 0.145. The van der Waals surface area contributed by atoms with Crippen molar-refractivity contribution in [3.05, 3.63) is 35.1 Å². The number of carbonyl (C=O) groups excluding carboxylic acids is 1. The van der Waals surface area contributed by atoms with Crippen LogP contribution >= 0.6 is 0 Å². The van der Waals surface area contributed by atoms with E-state index in [9.17, 15) is 14.3 Å². The van der Waals surface area contributed by atoms with Crippen LogP contribution in [0.15, 0.2) is 18.2 Å². The number of benzene rings is 1. The third-order valence-electron chi connectivity index (χ3n) is 4.82. The topological polar surface area (TPSA) is 43.8 Å². The van der Waals surface area contributed by atoms with Gasteiger partial charge in [0.2, 0.25) is 5.91 Å². The summed E-state index contributed by atoms with van der Waals surface area (Å²) >= 11 is 0. The van der Waals surface area contributed by atoms with Crippen LogP contribution in [0, 0.1) is 5.82 Å². The van der Waals surface area contributed by atoms with Crippen molar-refractivity contribution in [3.8, 4) is 0 Å². The summed E-state index contributed by atoms with van der Waals surface area (Å²) in [6.07, 6.45) is 1.76. The molecule has 0 aromatic heterocycles. The Morgan fingerprint density at radius 3 is 2.86 bits per heavy atom. The lowest BCUT2D eigenvalue weighted by atomic mass is 9.93. The molecule has 4 nitrogen and oxygen atoms in total. The summed E-state index contributed by atoms with van der Waals surface area (Å²) in [7, 11) is 0. The summed E-state index contributed by atoms with van der Waals surface area (Å²) in [4.78, 5) is 15.6. The Kier molecular flexibility index (Phi) is 4.45. The zero-order valence-corrected chi connectivity index (χ0v) is 13.0. The maximum atomic E-state index is 13.3. The summed E-state index contributed by atoms with van der Waals surface area (Å²) < 4.78 is 13.3. The smallest absolute Gasteiger partial charge is 0.222 e. The molecule has 2 aliphatic heterocycles. The first-order chi connectivity index (χ1) is 10.5. The van der Waals surface area contributed by atoms with Crippen LogP contribution in [-0.2, 0) is 11.2 Å². The maximum Gasteiger partial charge on any atom is 0.222 e. The van der Waals surface area contributed by atoms with E-state index in [2.05, 4.69) is 11.8 Å². The number of hydrogen-bond donors (Lipinski definition) is 1. The second kappa shape index (κ2) is 6.34. The summed E-state index contributed by atoms with van der Waals surface area (Å²) in [6.45, 7) is 4.61. The van der Waals surface area contributed by atoms with Crippen LogP contribution in [-0.4, -0.2) is 53.1 Å². The van der Waals surface area contributed by atoms with E-state index in [1.54, 1.807) is 11.0 Å². The highest BCUT2D eigenvalue weighted by molar-refractivity contribution is 5.78. The molecule has 22 heavy (non-hydrogen) atoms. The fraction of sp³-hybridized carbons (Fsp3) is 0.588. The Hall–Kier alpha value is -1.46. The van der Waals surface area contributed by atoms with E-state index in [0.717, 1.165) is 37.1 Å². The van der Waals surface area contributed by atoms with Crippen molar-refractivity contribution < 1.29 is 14.3 Å². The normalized spacial score (nSPS) is 23.7. The second-order valence-electron chi connectivity index (χ2n) is 6.36. The Morgan fingerprint density at radius 1 is 1.32 bits per heavy atom. The van der Waals surface area contributed by atoms with Crippen molar-refractivity contribution in [2.75, 3.05) is 26.2 Å². The van der Waals surface area contributed by atoms with Gasteiger partial charge in [-0.15, -0.1) is 0 Å². The molecule has 0 radical (unpaired) electrons. The molecule has 120 valence electrons. The Bertz CT molecular complexity index is 564. The number of hydrogen-bond acceptors (Lipinski definition) is 3. The summed E-state index contributed by atoms with van der Waals surface area (Å²) in [6, 6.07) is 5.12. The minimum atomic E-state index is -0.536. The van der Waals surface area contributed by atoms with Gasteiger partial charge < -0.3 is 10.0 Å². The van der Waals surface area contributed by atoms with Gasteiger partial charge in [-0.05, 0) is 43.0 Å². The van der Waals surface area contributed by atoms with E-state index in [1.807, 2.05) is 6.07 Å². The molecule has 1 saturated heterocycles. The van der Waals surface area contributed by atoms with Crippen LogP contribution in [0.5, 0.6) is 0 Å². The third kappa shape index (κ3) is 3.15. The van der Waals surface area contributed by atoms with E-state index < -0.39 is 6.10 Å². The average molecular weight is 306 g/mol. The molecule has 2 unspecified atom stereocenters. The summed E-state index contributed by atoms with van der Waals surface area (Å²) in [5.74, 6) is -0.0430. The van der Waals surface area contributed by atoms with E-state index in [0.29, 0.717) is 19.5 Å². The molecule has 1 N–H and O–H groups in total. The van der Waals surface area contributed by atoms with Gasteiger partial charge >= 0.3 is 0 Å². The zero-order valence-electron chi connectivity index (χ0n) is 13.0. The molecule has 5 heteroatoms. The van der Waals surface area contributed by atoms with Gasteiger partial charge in [0.25, 0.3) is 0 Å².